The summed E-state index contributed by atoms with van der Waals surface area (Å²) in [6.45, 7) is 7.76. The first-order chi connectivity index (χ1) is 7.99. The third-order valence-corrected chi connectivity index (χ3v) is 3.38. The Morgan fingerprint density at radius 3 is 2.59 bits per heavy atom. The number of nitrogens with zero attached hydrogens (tertiary/aromatic N) is 2. The van der Waals surface area contributed by atoms with Crippen LogP contribution in [0.25, 0.3) is 0 Å². The number of aromatic nitrogens is 2. The zero-order valence-corrected chi connectivity index (χ0v) is 11.4. The Labute approximate surface area is 104 Å². The van der Waals surface area contributed by atoms with Crippen LogP contribution in [0.15, 0.2) is 12.4 Å². The summed E-state index contributed by atoms with van der Waals surface area (Å²) in [5.41, 5.74) is 0.0114. The molecular weight excluding hydrogens is 214 g/mol. The summed E-state index contributed by atoms with van der Waals surface area (Å²) in [5, 5.41) is 17.8. The maximum atomic E-state index is 10.3. The summed E-state index contributed by atoms with van der Waals surface area (Å²) in [4.78, 5) is 0. The molecule has 0 aliphatic carbocycles. The topological polar surface area (TPSA) is 50.1 Å². The molecule has 1 heterocycles. The van der Waals surface area contributed by atoms with Gasteiger partial charge in [-0.2, -0.15) is 5.10 Å². The molecule has 98 valence electrons. The molecule has 0 saturated carbocycles. The highest BCUT2D eigenvalue weighted by molar-refractivity contribution is 5.14. The second-order valence-electron chi connectivity index (χ2n) is 4.99. The van der Waals surface area contributed by atoms with Gasteiger partial charge in [-0.15, -0.1) is 0 Å². The number of rotatable bonds is 7. The van der Waals surface area contributed by atoms with E-state index in [-0.39, 0.29) is 0 Å². The molecule has 0 fully saturated rings. The van der Waals surface area contributed by atoms with Crippen molar-refractivity contribution >= 4 is 0 Å². The third-order valence-electron chi connectivity index (χ3n) is 3.38. The van der Waals surface area contributed by atoms with Crippen molar-refractivity contribution in [1.82, 2.24) is 15.1 Å². The number of aryl methyl sites for hydroxylation is 1. The van der Waals surface area contributed by atoms with Gasteiger partial charge in [-0.05, 0) is 19.4 Å². The van der Waals surface area contributed by atoms with E-state index in [9.17, 15) is 5.11 Å². The highest BCUT2D eigenvalue weighted by Crippen LogP contribution is 2.18. The predicted octanol–water partition coefficient (Wildman–Crippen LogP) is 1.65. The smallest absolute Gasteiger partial charge is 0.102 e. The van der Waals surface area contributed by atoms with Gasteiger partial charge in [-0.3, -0.25) is 4.68 Å². The van der Waals surface area contributed by atoms with E-state index in [4.69, 9.17) is 0 Å². The van der Waals surface area contributed by atoms with Crippen LogP contribution in [0.4, 0.5) is 0 Å². The Morgan fingerprint density at radius 2 is 2.12 bits per heavy atom. The van der Waals surface area contributed by atoms with Crippen LogP contribution < -0.4 is 5.32 Å². The average Bonchev–Trinajstić information content (AvgIpc) is 2.72. The molecule has 1 aromatic heterocycles. The fourth-order valence-corrected chi connectivity index (χ4v) is 1.90. The maximum absolute atomic E-state index is 10.3. The molecule has 0 aliphatic heterocycles. The van der Waals surface area contributed by atoms with Gasteiger partial charge >= 0.3 is 0 Å². The SMILES string of the molecule is CCC(CC)CNC[C@@](C)(O)c1cnn(C)c1. The monoisotopic (exact) mass is 239 g/mol. The molecule has 1 atom stereocenters. The zero-order valence-electron chi connectivity index (χ0n) is 11.4. The van der Waals surface area contributed by atoms with E-state index in [0.717, 1.165) is 12.1 Å². The lowest BCUT2D eigenvalue weighted by Crippen LogP contribution is -2.37. The van der Waals surface area contributed by atoms with Crippen molar-refractivity contribution in [3.63, 3.8) is 0 Å². The van der Waals surface area contributed by atoms with Crippen molar-refractivity contribution < 1.29 is 5.11 Å². The van der Waals surface area contributed by atoms with Crippen LogP contribution in [0.5, 0.6) is 0 Å². The lowest BCUT2D eigenvalue weighted by molar-refractivity contribution is 0.0558. The normalized spacial score (nSPS) is 15.2. The number of hydrogen-bond acceptors (Lipinski definition) is 3. The highest BCUT2D eigenvalue weighted by Gasteiger charge is 2.24. The van der Waals surface area contributed by atoms with Crippen molar-refractivity contribution in [2.75, 3.05) is 13.1 Å². The fraction of sp³-hybridized carbons (Fsp3) is 0.769. The van der Waals surface area contributed by atoms with Gasteiger partial charge in [0.05, 0.1) is 6.20 Å². The Kier molecular flexibility index (Phi) is 5.15. The maximum Gasteiger partial charge on any atom is 0.102 e. The molecule has 4 heteroatoms. The van der Waals surface area contributed by atoms with E-state index < -0.39 is 5.60 Å². The zero-order chi connectivity index (χ0) is 12.9. The van der Waals surface area contributed by atoms with Crippen molar-refractivity contribution in [2.45, 2.75) is 39.2 Å². The van der Waals surface area contributed by atoms with Gasteiger partial charge in [0, 0.05) is 25.4 Å². The highest BCUT2D eigenvalue weighted by atomic mass is 16.3. The number of aliphatic hydroxyl groups is 1. The molecule has 0 saturated heterocycles. The Balaban J connectivity index is 2.44. The minimum atomic E-state index is -0.847. The van der Waals surface area contributed by atoms with Gasteiger partial charge in [0.15, 0.2) is 0 Å². The molecule has 17 heavy (non-hydrogen) atoms. The summed E-state index contributed by atoms with van der Waals surface area (Å²) in [7, 11) is 1.86. The van der Waals surface area contributed by atoms with Crippen LogP contribution in [-0.2, 0) is 12.6 Å². The molecule has 2 N–H and O–H groups in total. The molecule has 0 amide bonds. The summed E-state index contributed by atoms with van der Waals surface area (Å²) < 4.78 is 1.71. The third kappa shape index (κ3) is 4.13. The summed E-state index contributed by atoms with van der Waals surface area (Å²) in [6.07, 6.45) is 5.94. The molecule has 0 unspecified atom stereocenters. The van der Waals surface area contributed by atoms with E-state index >= 15 is 0 Å². The molecular formula is C13H25N3O. The van der Waals surface area contributed by atoms with Crippen LogP contribution in [0, 0.1) is 5.92 Å². The van der Waals surface area contributed by atoms with Crippen molar-refractivity contribution in [3.8, 4) is 0 Å². The molecule has 0 bridgehead atoms. The molecule has 0 radical (unpaired) electrons. The molecule has 1 rings (SSSR count). The molecule has 1 aromatic rings. The van der Waals surface area contributed by atoms with E-state index in [1.165, 1.54) is 12.8 Å². The summed E-state index contributed by atoms with van der Waals surface area (Å²) in [5.74, 6) is 0.694. The van der Waals surface area contributed by atoms with Gasteiger partial charge in [-0.1, -0.05) is 26.7 Å². The Hall–Kier alpha value is -0.870. The lowest BCUT2D eigenvalue weighted by Gasteiger charge is -2.24. The Morgan fingerprint density at radius 1 is 1.47 bits per heavy atom. The van der Waals surface area contributed by atoms with Crippen LogP contribution in [0.2, 0.25) is 0 Å². The van der Waals surface area contributed by atoms with Crippen molar-refractivity contribution in [3.05, 3.63) is 18.0 Å². The van der Waals surface area contributed by atoms with Crippen LogP contribution >= 0.6 is 0 Å². The van der Waals surface area contributed by atoms with Crippen LogP contribution in [0.3, 0.4) is 0 Å². The number of hydrogen-bond donors (Lipinski definition) is 2. The average molecular weight is 239 g/mol. The van der Waals surface area contributed by atoms with E-state index in [1.807, 2.05) is 20.2 Å². The van der Waals surface area contributed by atoms with Crippen LogP contribution in [0.1, 0.15) is 39.2 Å². The van der Waals surface area contributed by atoms with E-state index in [2.05, 4.69) is 24.3 Å². The summed E-state index contributed by atoms with van der Waals surface area (Å²) >= 11 is 0. The van der Waals surface area contributed by atoms with Gasteiger partial charge in [0.25, 0.3) is 0 Å². The summed E-state index contributed by atoms with van der Waals surface area (Å²) in [6, 6.07) is 0. The minimum absolute atomic E-state index is 0.565. The molecule has 4 nitrogen and oxygen atoms in total. The molecule has 0 aliphatic rings. The fourth-order valence-electron chi connectivity index (χ4n) is 1.90. The van der Waals surface area contributed by atoms with E-state index in [0.29, 0.717) is 12.5 Å². The van der Waals surface area contributed by atoms with Gasteiger partial charge in [0.1, 0.15) is 5.60 Å². The quantitative estimate of drug-likeness (QED) is 0.760. The predicted molar refractivity (Wildman–Crippen MR) is 69.7 cm³/mol. The largest absolute Gasteiger partial charge is 0.384 e. The van der Waals surface area contributed by atoms with Crippen LogP contribution in [-0.4, -0.2) is 28.0 Å². The van der Waals surface area contributed by atoms with Crippen molar-refractivity contribution in [2.24, 2.45) is 13.0 Å². The molecule has 0 spiro atoms. The van der Waals surface area contributed by atoms with Gasteiger partial charge in [0.2, 0.25) is 0 Å². The van der Waals surface area contributed by atoms with Gasteiger partial charge < -0.3 is 10.4 Å². The Bertz CT molecular complexity index is 329. The second kappa shape index (κ2) is 6.17. The van der Waals surface area contributed by atoms with Crippen molar-refractivity contribution in [1.29, 1.82) is 0 Å². The molecule has 0 aromatic carbocycles. The standard InChI is InChI=1S/C13H25N3O/c1-5-11(6-2)7-14-10-13(3,17)12-8-15-16(4)9-12/h8-9,11,14,17H,5-7,10H2,1-4H3/t13-/m1/s1. The number of nitrogens with one attached hydrogen (secondary N) is 1. The lowest BCUT2D eigenvalue weighted by atomic mass is 9.98. The van der Waals surface area contributed by atoms with Gasteiger partial charge in [-0.25, -0.2) is 0 Å². The van der Waals surface area contributed by atoms with E-state index in [1.54, 1.807) is 10.9 Å². The second-order valence-corrected chi connectivity index (χ2v) is 4.99. The first-order valence-electron chi connectivity index (χ1n) is 6.41. The minimum Gasteiger partial charge on any atom is -0.384 e. The first kappa shape index (κ1) is 14.2. The first-order valence-corrected chi connectivity index (χ1v) is 6.41.